The predicted octanol–water partition coefficient (Wildman–Crippen LogP) is 3.05. The standard InChI is InChI=1S/C24H27N3O3/c28-24-19(12-18-13-22-23(14-21(18)26-24)30-11-10-29-22)15-25-20-6-8-27(9-7-20)16-17-4-2-1-3-5-17/h1-5,12-14,20,25H,6-11,15-16H2,(H,26,28). The number of likely N-dealkylation sites (tertiary alicyclic amines) is 1. The van der Waals surface area contributed by atoms with Gasteiger partial charge in [0.05, 0.1) is 5.52 Å². The van der Waals surface area contributed by atoms with Crippen LogP contribution in [-0.2, 0) is 13.1 Å². The maximum atomic E-state index is 12.6. The van der Waals surface area contributed by atoms with Gasteiger partial charge in [-0.1, -0.05) is 30.3 Å². The summed E-state index contributed by atoms with van der Waals surface area (Å²) in [5, 5.41) is 4.55. The van der Waals surface area contributed by atoms with E-state index in [-0.39, 0.29) is 5.56 Å². The van der Waals surface area contributed by atoms with Crippen LogP contribution in [0, 0.1) is 0 Å². The van der Waals surface area contributed by atoms with Gasteiger partial charge >= 0.3 is 0 Å². The van der Waals surface area contributed by atoms with Crippen molar-refractivity contribution in [1.82, 2.24) is 15.2 Å². The van der Waals surface area contributed by atoms with Crippen LogP contribution in [0.4, 0.5) is 0 Å². The minimum absolute atomic E-state index is 0.0480. The molecule has 5 rings (SSSR count). The summed E-state index contributed by atoms with van der Waals surface area (Å²) in [5.74, 6) is 1.43. The third kappa shape index (κ3) is 4.20. The van der Waals surface area contributed by atoms with E-state index in [0.717, 1.165) is 54.7 Å². The summed E-state index contributed by atoms with van der Waals surface area (Å²) in [6, 6.07) is 16.8. The lowest BCUT2D eigenvalue weighted by atomic mass is 10.0. The highest BCUT2D eigenvalue weighted by Gasteiger charge is 2.19. The molecule has 3 heterocycles. The Kier molecular flexibility index (Phi) is 5.43. The lowest BCUT2D eigenvalue weighted by molar-refractivity contribution is 0.172. The smallest absolute Gasteiger partial charge is 0.252 e. The monoisotopic (exact) mass is 405 g/mol. The number of rotatable bonds is 5. The summed E-state index contributed by atoms with van der Waals surface area (Å²) in [6.07, 6.45) is 2.19. The summed E-state index contributed by atoms with van der Waals surface area (Å²) in [6.45, 7) is 4.82. The maximum Gasteiger partial charge on any atom is 0.252 e. The topological polar surface area (TPSA) is 66.6 Å². The highest BCUT2D eigenvalue weighted by atomic mass is 16.6. The first kappa shape index (κ1) is 19.2. The molecule has 1 saturated heterocycles. The Bertz CT molecular complexity index is 1070. The van der Waals surface area contributed by atoms with Gasteiger partial charge in [0.25, 0.3) is 5.56 Å². The number of piperidine rings is 1. The van der Waals surface area contributed by atoms with E-state index in [9.17, 15) is 4.79 Å². The molecule has 0 amide bonds. The van der Waals surface area contributed by atoms with Gasteiger partial charge in [0, 0.05) is 36.1 Å². The number of pyridine rings is 1. The average Bonchev–Trinajstić information content (AvgIpc) is 2.78. The molecule has 156 valence electrons. The molecular weight excluding hydrogens is 378 g/mol. The first-order chi connectivity index (χ1) is 14.7. The number of ether oxygens (including phenoxy) is 2. The van der Waals surface area contributed by atoms with Crippen molar-refractivity contribution in [2.24, 2.45) is 0 Å². The Labute approximate surface area is 175 Å². The quantitative estimate of drug-likeness (QED) is 0.683. The zero-order chi connectivity index (χ0) is 20.3. The van der Waals surface area contributed by atoms with Gasteiger partial charge in [-0.05, 0) is 43.6 Å². The van der Waals surface area contributed by atoms with Gasteiger partial charge in [0.15, 0.2) is 11.5 Å². The number of hydrogen-bond acceptors (Lipinski definition) is 5. The first-order valence-electron chi connectivity index (χ1n) is 10.7. The Morgan fingerprint density at radius 3 is 2.50 bits per heavy atom. The van der Waals surface area contributed by atoms with Crippen molar-refractivity contribution < 1.29 is 9.47 Å². The molecule has 3 aromatic rings. The van der Waals surface area contributed by atoms with Crippen molar-refractivity contribution in [3.05, 3.63) is 70.0 Å². The minimum Gasteiger partial charge on any atom is -0.486 e. The van der Waals surface area contributed by atoms with E-state index in [4.69, 9.17) is 9.47 Å². The van der Waals surface area contributed by atoms with E-state index in [1.54, 1.807) is 0 Å². The fourth-order valence-corrected chi connectivity index (χ4v) is 4.31. The van der Waals surface area contributed by atoms with Gasteiger partial charge in [0.1, 0.15) is 13.2 Å². The second kappa shape index (κ2) is 8.50. The molecule has 2 aliphatic rings. The fraction of sp³-hybridized carbons (Fsp3) is 0.375. The van der Waals surface area contributed by atoms with Crippen molar-refractivity contribution in [1.29, 1.82) is 0 Å². The largest absolute Gasteiger partial charge is 0.486 e. The molecule has 0 atom stereocenters. The number of aromatic nitrogens is 1. The summed E-state index contributed by atoms with van der Waals surface area (Å²) < 4.78 is 11.3. The van der Waals surface area contributed by atoms with Crippen LogP contribution in [0.2, 0.25) is 0 Å². The lowest BCUT2D eigenvalue weighted by Gasteiger charge is -2.32. The highest BCUT2D eigenvalue weighted by Crippen LogP contribution is 2.33. The summed E-state index contributed by atoms with van der Waals surface area (Å²) in [4.78, 5) is 18.0. The SMILES string of the molecule is O=c1[nH]c2cc3c(cc2cc1CNC1CCN(Cc2ccccc2)CC1)OCCO3. The van der Waals surface area contributed by atoms with E-state index in [0.29, 0.717) is 31.5 Å². The molecule has 0 unspecified atom stereocenters. The molecular formula is C24H27N3O3. The molecule has 1 aromatic heterocycles. The second-order valence-electron chi connectivity index (χ2n) is 8.12. The van der Waals surface area contributed by atoms with Gasteiger partial charge in [-0.3, -0.25) is 9.69 Å². The van der Waals surface area contributed by atoms with E-state index >= 15 is 0 Å². The van der Waals surface area contributed by atoms with Crippen LogP contribution in [0.1, 0.15) is 24.0 Å². The summed E-state index contributed by atoms with van der Waals surface area (Å²) in [7, 11) is 0. The Hall–Kier alpha value is -2.83. The van der Waals surface area contributed by atoms with Crippen molar-refractivity contribution >= 4 is 10.9 Å². The molecule has 2 aromatic carbocycles. The number of fused-ring (bicyclic) bond motifs is 2. The fourth-order valence-electron chi connectivity index (χ4n) is 4.31. The van der Waals surface area contributed by atoms with Gasteiger partial charge in [-0.15, -0.1) is 0 Å². The van der Waals surface area contributed by atoms with E-state index in [1.807, 2.05) is 18.2 Å². The van der Waals surface area contributed by atoms with Crippen molar-refractivity contribution in [2.75, 3.05) is 26.3 Å². The molecule has 1 fully saturated rings. The van der Waals surface area contributed by atoms with Crippen LogP contribution >= 0.6 is 0 Å². The number of nitrogens with zero attached hydrogens (tertiary/aromatic N) is 1. The highest BCUT2D eigenvalue weighted by molar-refractivity contribution is 5.83. The molecule has 30 heavy (non-hydrogen) atoms. The summed E-state index contributed by atoms with van der Waals surface area (Å²) in [5.41, 5.74) is 2.85. The predicted molar refractivity (Wildman–Crippen MR) is 117 cm³/mol. The molecule has 0 radical (unpaired) electrons. The van der Waals surface area contributed by atoms with E-state index < -0.39 is 0 Å². The third-order valence-electron chi connectivity index (χ3n) is 6.00. The Balaban J connectivity index is 1.20. The third-order valence-corrected chi connectivity index (χ3v) is 6.00. The second-order valence-corrected chi connectivity index (χ2v) is 8.12. The van der Waals surface area contributed by atoms with Crippen molar-refractivity contribution in [3.63, 3.8) is 0 Å². The number of aromatic amines is 1. The Morgan fingerprint density at radius 2 is 1.73 bits per heavy atom. The van der Waals surface area contributed by atoms with Crippen LogP contribution in [0.3, 0.4) is 0 Å². The van der Waals surface area contributed by atoms with E-state index in [2.05, 4.69) is 45.5 Å². The van der Waals surface area contributed by atoms with Gasteiger partial charge in [-0.2, -0.15) is 0 Å². The molecule has 0 saturated carbocycles. The number of hydrogen-bond donors (Lipinski definition) is 2. The molecule has 0 spiro atoms. The minimum atomic E-state index is -0.0480. The summed E-state index contributed by atoms with van der Waals surface area (Å²) >= 11 is 0. The van der Waals surface area contributed by atoms with Gasteiger partial charge in [-0.25, -0.2) is 0 Å². The molecule has 6 nitrogen and oxygen atoms in total. The van der Waals surface area contributed by atoms with Crippen LogP contribution in [0.15, 0.2) is 53.3 Å². The lowest BCUT2D eigenvalue weighted by Crippen LogP contribution is -2.42. The normalized spacial score (nSPS) is 17.3. The first-order valence-corrected chi connectivity index (χ1v) is 10.7. The number of nitrogens with one attached hydrogen (secondary N) is 2. The van der Waals surface area contributed by atoms with E-state index in [1.165, 1.54) is 5.56 Å². The number of benzene rings is 2. The van der Waals surface area contributed by atoms with Gasteiger partial charge in [0.2, 0.25) is 0 Å². The van der Waals surface area contributed by atoms with Crippen molar-refractivity contribution in [3.8, 4) is 11.5 Å². The molecule has 2 N–H and O–H groups in total. The molecule has 2 aliphatic heterocycles. The van der Waals surface area contributed by atoms with Crippen LogP contribution in [0.5, 0.6) is 11.5 Å². The van der Waals surface area contributed by atoms with Gasteiger partial charge < -0.3 is 19.8 Å². The molecule has 0 aliphatic carbocycles. The zero-order valence-electron chi connectivity index (χ0n) is 17.0. The zero-order valence-corrected chi connectivity index (χ0v) is 17.0. The number of H-pyrrole nitrogens is 1. The Morgan fingerprint density at radius 1 is 1.00 bits per heavy atom. The maximum absolute atomic E-state index is 12.6. The van der Waals surface area contributed by atoms with Crippen LogP contribution < -0.4 is 20.3 Å². The molecule has 0 bridgehead atoms. The van der Waals surface area contributed by atoms with Crippen LogP contribution in [-0.4, -0.2) is 42.2 Å². The van der Waals surface area contributed by atoms with Crippen molar-refractivity contribution in [2.45, 2.75) is 32.0 Å². The molecule has 6 heteroatoms. The average molecular weight is 405 g/mol. The van der Waals surface area contributed by atoms with Crippen LogP contribution in [0.25, 0.3) is 10.9 Å².